The second-order valence-electron chi connectivity index (χ2n) is 8.25. The Bertz CT molecular complexity index is 1140. The number of ketones is 1. The predicted octanol–water partition coefficient (Wildman–Crippen LogP) is 5.77. The van der Waals surface area contributed by atoms with E-state index in [9.17, 15) is 18.0 Å². The summed E-state index contributed by atoms with van der Waals surface area (Å²) in [7, 11) is 0. The molecule has 2 N–H and O–H groups in total. The molecule has 0 atom stereocenters. The van der Waals surface area contributed by atoms with Crippen LogP contribution in [0.2, 0.25) is 0 Å². The van der Waals surface area contributed by atoms with E-state index in [2.05, 4.69) is 4.98 Å². The lowest BCUT2D eigenvalue weighted by Gasteiger charge is -2.11. The molecule has 9 heteroatoms. The van der Waals surface area contributed by atoms with Crippen LogP contribution >= 0.6 is 11.3 Å². The maximum absolute atomic E-state index is 12.9. The summed E-state index contributed by atoms with van der Waals surface area (Å²) < 4.78 is 43.9. The quantitative estimate of drug-likeness (QED) is 0.292. The molecule has 0 aliphatic heterocycles. The molecule has 0 fully saturated rings. The van der Waals surface area contributed by atoms with Gasteiger partial charge in [-0.05, 0) is 55.2 Å². The Kier molecular flexibility index (Phi) is 8.12. The number of carbonyl (C=O) groups excluding carboxylic acids is 1. The first-order valence-electron chi connectivity index (χ1n) is 10.8. The highest BCUT2D eigenvalue weighted by atomic mass is 32.1. The number of ether oxygens (including phenoxy) is 1. The third kappa shape index (κ3) is 6.43. The van der Waals surface area contributed by atoms with Crippen LogP contribution in [0.25, 0.3) is 10.6 Å². The van der Waals surface area contributed by atoms with Crippen LogP contribution in [0.1, 0.15) is 58.2 Å². The maximum atomic E-state index is 12.9. The Balaban J connectivity index is 1.73. The molecule has 0 aliphatic carbocycles. The molecule has 34 heavy (non-hydrogen) atoms. The molecule has 0 amide bonds. The van der Waals surface area contributed by atoms with Crippen LogP contribution in [-0.2, 0) is 12.6 Å². The highest BCUT2D eigenvalue weighted by molar-refractivity contribution is 7.15. The molecule has 1 aromatic heterocycles. The minimum atomic E-state index is -4.39. The summed E-state index contributed by atoms with van der Waals surface area (Å²) in [6.07, 6.45) is -5.25. The third-order valence-corrected chi connectivity index (χ3v) is 6.38. The van der Waals surface area contributed by atoms with E-state index < -0.39 is 18.0 Å². The van der Waals surface area contributed by atoms with Crippen molar-refractivity contribution >= 4 is 17.1 Å². The summed E-state index contributed by atoms with van der Waals surface area (Å²) in [5.41, 5.74) is 1.97. The van der Waals surface area contributed by atoms with E-state index in [1.54, 1.807) is 25.1 Å². The number of rotatable bonds is 9. The fourth-order valence-corrected chi connectivity index (χ4v) is 4.66. The van der Waals surface area contributed by atoms with Gasteiger partial charge in [-0.25, -0.2) is 4.98 Å². The molecule has 1 heterocycles. The number of Topliss-reactive ketones (excluding diaryl/α,β-unsaturated/α-hetero) is 1. The van der Waals surface area contributed by atoms with E-state index in [4.69, 9.17) is 14.9 Å². The number of carbonyl (C=O) groups is 1. The van der Waals surface area contributed by atoms with Crippen LogP contribution in [0.5, 0.6) is 5.75 Å². The van der Waals surface area contributed by atoms with Gasteiger partial charge in [0.05, 0.1) is 11.3 Å². The smallest absolute Gasteiger partial charge is 0.416 e. The average Bonchev–Trinajstić information content (AvgIpc) is 3.20. The lowest BCUT2D eigenvalue weighted by atomic mass is 10.0. The zero-order chi connectivity index (χ0) is 25.0. The van der Waals surface area contributed by atoms with Crippen molar-refractivity contribution in [1.82, 2.24) is 4.98 Å². The van der Waals surface area contributed by atoms with Gasteiger partial charge in [0, 0.05) is 22.4 Å². The molecule has 3 aromatic rings. The minimum absolute atomic E-state index is 0.0592. The number of hydrogen-bond acceptors (Lipinski definition) is 6. The monoisotopic (exact) mass is 493 g/mol. The van der Waals surface area contributed by atoms with Crippen molar-refractivity contribution in [3.8, 4) is 16.3 Å². The number of benzene rings is 2. The first-order chi connectivity index (χ1) is 16.0. The SMILES string of the molecule is Cc1cc(C(=O)CCc2sc(-c3ccc(C(F)(F)F)cc3)nc2C(C)C)ccc1OCC(O)O. The van der Waals surface area contributed by atoms with Crippen molar-refractivity contribution in [2.75, 3.05) is 6.61 Å². The van der Waals surface area contributed by atoms with Crippen LogP contribution in [0.3, 0.4) is 0 Å². The summed E-state index contributed by atoms with van der Waals surface area (Å²) in [4.78, 5) is 18.4. The summed E-state index contributed by atoms with van der Waals surface area (Å²) in [6, 6.07) is 9.90. The molecule has 0 unspecified atom stereocenters. The van der Waals surface area contributed by atoms with Crippen molar-refractivity contribution in [2.45, 2.75) is 52.0 Å². The Hall–Kier alpha value is -2.75. The Morgan fingerprint density at radius 3 is 2.35 bits per heavy atom. The zero-order valence-corrected chi connectivity index (χ0v) is 19.8. The van der Waals surface area contributed by atoms with Gasteiger partial charge in [-0.3, -0.25) is 4.79 Å². The fraction of sp³-hybridized carbons (Fsp3) is 0.360. The molecule has 5 nitrogen and oxygen atoms in total. The standard InChI is InChI=1S/C25H26F3NO4S/c1-14(2)23-21(34-24(29-23)16-4-7-18(8-5-16)25(26,27)28)11-9-19(30)17-6-10-20(15(3)12-17)33-13-22(31)32/h4-8,10,12,14,22,31-32H,9,11,13H2,1-3H3. The van der Waals surface area contributed by atoms with Crippen molar-refractivity contribution in [1.29, 1.82) is 0 Å². The molecule has 182 valence electrons. The predicted molar refractivity (Wildman–Crippen MR) is 124 cm³/mol. The highest BCUT2D eigenvalue weighted by Gasteiger charge is 2.30. The van der Waals surface area contributed by atoms with Crippen LogP contribution in [-0.4, -0.2) is 33.9 Å². The van der Waals surface area contributed by atoms with Crippen LogP contribution in [0.4, 0.5) is 13.2 Å². The second-order valence-corrected chi connectivity index (χ2v) is 9.34. The lowest BCUT2D eigenvalue weighted by Crippen LogP contribution is -2.16. The number of alkyl halides is 3. The molecule has 0 saturated carbocycles. The highest BCUT2D eigenvalue weighted by Crippen LogP contribution is 2.35. The van der Waals surface area contributed by atoms with E-state index in [1.165, 1.54) is 23.5 Å². The number of aryl methyl sites for hydroxylation is 2. The summed E-state index contributed by atoms with van der Waals surface area (Å²) in [6.45, 7) is 5.48. The second kappa shape index (κ2) is 10.7. The van der Waals surface area contributed by atoms with Crippen LogP contribution in [0, 0.1) is 6.92 Å². The summed E-state index contributed by atoms with van der Waals surface area (Å²) >= 11 is 1.39. The van der Waals surface area contributed by atoms with Gasteiger partial charge in [-0.2, -0.15) is 13.2 Å². The van der Waals surface area contributed by atoms with Crippen molar-refractivity contribution in [3.63, 3.8) is 0 Å². The zero-order valence-electron chi connectivity index (χ0n) is 19.0. The first-order valence-corrected chi connectivity index (χ1v) is 11.6. The third-order valence-electron chi connectivity index (χ3n) is 5.20. The molecule has 3 rings (SSSR count). The Labute approximate surface area is 199 Å². The Morgan fingerprint density at radius 2 is 1.79 bits per heavy atom. The molecular formula is C25H26F3NO4S. The van der Waals surface area contributed by atoms with E-state index in [0.29, 0.717) is 33.9 Å². The van der Waals surface area contributed by atoms with E-state index in [-0.39, 0.29) is 24.7 Å². The molecule has 0 saturated heterocycles. The summed E-state index contributed by atoms with van der Waals surface area (Å²) in [5.74, 6) is 0.511. The number of thiazole rings is 1. The van der Waals surface area contributed by atoms with Gasteiger partial charge in [-0.1, -0.05) is 26.0 Å². The van der Waals surface area contributed by atoms with Gasteiger partial charge in [0.15, 0.2) is 12.1 Å². The number of hydrogen-bond donors (Lipinski definition) is 2. The minimum Gasteiger partial charge on any atom is -0.488 e. The fourth-order valence-electron chi connectivity index (χ4n) is 3.44. The van der Waals surface area contributed by atoms with E-state index in [1.807, 2.05) is 13.8 Å². The number of nitrogens with zero attached hydrogens (tertiary/aromatic N) is 1. The average molecular weight is 494 g/mol. The van der Waals surface area contributed by atoms with Gasteiger partial charge in [0.1, 0.15) is 17.4 Å². The molecular weight excluding hydrogens is 467 g/mol. The van der Waals surface area contributed by atoms with Crippen molar-refractivity contribution < 1.29 is 32.9 Å². The number of aliphatic hydroxyl groups is 2. The first kappa shape index (κ1) is 25.9. The molecule has 2 aromatic carbocycles. The van der Waals surface area contributed by atoms with E-state index in [0.717, 1.165) is 22.7 Å². The van der Waals surface area contributed by atoms with Gasteiger partial charge < -0.3 is 14.9 Å². The Morgan fingerprint density at radius 1 is 1.12 bits per heavy atom. The van der Waals surface area contributed by atoms with Gasteiger partial charge >= 0.3 is 6.18 Å². The van der Waals surface area contributed by atoms with Crippen LogP contribution in [0.15, 0.2) is 42.5 Å². The van der Waals surface area contributed by atoms with E-state index >= 15 is 0 Å². The number of aromatic nitrogens is 1. The van der Waals surface area contributed by atoms with Crippen molar-refractivity contribution in [2.24, 2.45) is 0 Å². The number of aliphatic hydroxyl groups excluding tert-OH is 1. The number of halogens is 3. The lowest BCUT2D eigenvalue weighted by molar-refractivity contribution is -0.137. The van der Waals surface area contributed by atoms with Gasteiger partial charge in [-0.15, -0.1) is 11.3 Å². The largest absolute Gasteiger partial charge is 0.488 e. The molecule has 0 aliphatic rings. The molecule has 0 radical (unpaired) electrons. The maximum Gasteiger partial charge on any atom is 0.416 e. The topological polar surface area (TPSA) is 79.7 Å². The van der Waals surface area contributed by atoms with Gasteiger partial charge in [0.2, 0.25) is 0 Å². The normalized spacial score (nSPS) is 11.9. The van der Waals surface area contributed by atoms with Crippen molar-refractivity contribution in [3.05, 3.63) is 69.7 Å². The molecule has 0 spiro atoms. The molecule has 0 bridgehead atoms. The summed E-state index contributed by atoms with van der Waals surface area (Å²) in [5, 5.41) is 18.5. The van der Waals surface area contributed by atoms with Crippen LogP contribution < -0.4 is 4.74 Å². The van der Waals surface area contributed by atoms with Gasteiger partial charge in [0.25, 0.3) is 0 Å².